The number of alkyl halides is 3. The summed E-state index contributed by atoms with van der Waals surface area (Å²) in [5.41, 5.74) is 5.50. The van der Waals surface area contributed by atoms with E-state index in [2.05, 4.69) is 76.0 Å². The van der Waals surface area contributed by atoms with Gasteiger partial charge in [0.05, 0.1) is 5.02 Å². The summed E-state index contributed by atoms with van der Waals surface area (Å²) in [7, 11) is 0. The Hall–Kier alpha value is -2.86. The number of aliphatic imine (C=N–C) groups is 1. The van der Waals surface area contributed by atoms with Crippen molar-refractivity contribution in [1.29, 1.82) is 0 Å². The highest BCUT2D eigenvalue weighted by Gasteiger charge is 2.29. The molecule has 1 aromatic carbocycles. The number of halogens is 5. The van der Waals surface area contributed by atoms with Crippen LogP contribution in [0.5, 0.6) is 0 Å². The average molecular weight is 637 g/mol. The number of benzene rings is 1. The van der Waals surface area contributed by atoms with E-state index in [9.17, 15) is 17.6 Å². The molecule has 0 fully saturated rings. The number of aromatic nitrogens is 1. The zero-order valence-corrected chi connectivity index (χ0v) is 28.8. The van der Waals surface area contributed by atoms with Crippen LogP contribution in [0.1, 0.15) is 118 Å². The summed E-state index contributed by atoms with van der Waals surface area (Å²) in [6.07, 6.45) is 12.1. The highest BCUT2D eigenvalue weighted by Crippen LogP contribution is 2.36. The van der Waals surface area contributed by atoms with Crippen molar-refractivity contribution in [2.75, 3.05) is 0 Å². The molecule has 1 aromatic heterocycles. The number of allylic oxidation sites excluding steroid dienone is 7. The van der Waals surface area contributed by atoms with Gasteiger partial charge in [-0.25, -0.2) is 4.39 Å². The number of unbranched alkanes of at least 4 members (excludes halogenated alkanes) is 1. The van der Waals surface area contributed by atoms with Crippen LogP contribution in [0, 0.1) is 5.82 Å². The number of rotatable bonds is 13. The van der Waals surface area contributed by atoms with Gasteiger partial charge in [0, 0.05) is 40.0 Å². The Morgan fingerprint density at radius 2 is 1.66 bits per heavy atom. The maximum absolute atomic E-state index is 14.7. The Morgan fingerprint density at radius 1 is 1.02 bits per heavy atom. The predicted molar refractivity (Wildman–Crippen MR) is 186 cm³/mol. The van der Waals surface area contributed by atoms with Crippen molar-refractivity contribution < 1.29 is 17.6 Å². The molecule has 0 saturated carbocycles. The molecule has 0 aliphatic carbocycles. The van der Waals surface area contributed by atoms with Crippen molar-refractivity contribution in [2.45, 2.75) is 119 Å². The lowest BCUT2D eigenvalue weighted by molar-refractivity contribution is -0.0878. The molecule has 0 amide bonds. The second-order valence-corrected chi connectivity index (χ2v) is 11.2. The number of nitrogens with one attached hydrogen (secondary N) is 1. The molecule has 7 heteroatoms. The van der Waals surface area contributed by atoms with E-state index in [4.69, 9.17) is 11.6 Å². The Kier molecular flexibility index (Phi) is 20.4. The molecule has 2 rings (SSSR count). The number of hydrogen-bond acceptors (Lipinski definition) is 1. The van der Waals surface area contributed by atoms with Crippen molar-refractivity contribution in [3.8, 4) is 0 Å². The van der Waals surface area contributed by atoms with Crippen molar-refractivity contribution in [1.82, 2.24) is 4.98 Å². The molecule has 0 spiro atoms. The van der Waals surface area contributed by atoms with Crippen molar-refractivity contribution in [3.63, 3.8) is 0 Å². The zero-order valence-electron chi connectivity index (χ0n) is 28.0. The summed E-state index contributed by atoms with van der Waals surface area (Å²) in [5, 5.41) is 0.858. The fourth-order valence-electron chi connectivity index (χ4n) is 4.11. The number of fused-ring (bicyclic) bond motifs is 1. The molecule has 0 radical (unpaired) electrons. The maximum Gasteiger partial charge on any atom is 0.415 e. The minimum Gasteiger partial charge on any atom is -0.358 e. The van der Waals surface area contributed by atoms with Crippen LogP contribution in [0.2, 0.25) is 5.02 Å². The Labute approximate surface area is 268 Å². The third-order valence-electron chi connectivity index (χ3n) is 6.84. The Balaban J connectivity index is 0.000000819. The molecule has 2 aromatic rings. The van der Waals surface area contributed by atoms with Gasteiger partial charge in [-0.2, -0.15) is 13.2 Å². The molecule has 44 heavy (non-hydrogen) atoms. The molecular formula is C37H53ClF4N2. The molecule has 2 nitrogen and oxygen atoms in total. The summed E-state index contributed by atoms with van der Waals surface area (Å²) in [6.45, 7) is 23.1. The van der Waals surface area contributed by atoms with Gasteiger partial charge in [0.25, 0.3) is 0 Å². The number of H-pyrrole nitrogens is 1. The highest BCUT2D eigenvalue weighted by molar-refractivity contribution is 6.31. The monoisotopic (exact) mass is 636 g/mol. The lowest BCUT2D eigenvalue weighted by Crippen LogP contribution is -2.08. The summed E-state index contributed by atoms with van der Waals surface area (Å²) < 4.78 is 50.5. The molecule has 0 bridgehead atoms. The van der Waals surface area contributed by atoms with Crippen molar-refractivity contribution in [3.05, 3.63) is 94.6 Å². The minimum atomic E-state index is -4.36. The number of nitrogens with zero attached hydrogens (tertiary/aromatic N) is 1. The molecule has 0 aliphatic rings. The van der Waals surface area contributed by atoms with E-state index in [1.807, 2.05) is 19.9 Å². The van der Waals surface area contributed by atoms with Crippen LogP contribution in [0.25, 0.3) is 10.9 Å². The smallest absolute Gasteiger partial charge is 0.358 e. The van der Waals surface area contributed by atoms with Crippen molar-refractivity contribution in [2.24, 2.45) is 4.99 Å². The quantitative estimate of drug-likeness (QED) is 0.0980. The highest BCUT2D eigenvalue weighted by atomic mass is 35.5. The van der Waals surface area contributed by atoms with Gasteiger partial charge in [-0.15, -0.1) is 6.58 Å². The molecule has 1 atom stereocenters. The Bertz CT molecular complexity index is 1290. The third kappa shape index (κ3) is 14.7. The van der Waals surface area contributed by atoms with Gasteiger partial charge in [-0.1, -0.05) is 96.4 Å². The first-order chi connectivity index (χ1) is 20.7. The van der Waals surface area contributed by atoms with Gasteiger partial charge in [-0.3, -0.25) is 4.99 Å². The van der Waals surface area contributed by atoms with Crippen LogP contribution in [-0.4, -0.2) is 16.9 Å². The summed E-state index contributed by atoms with van der Waals surface area (Å²) in [5.74, 6) is -0.106. The fraction of sp³-hybridized carbons (Fsp3) is 0.486. The first-order valence-corrected chi connectivity index (χ1v) is 16.0. The molecule has 1 heterocycles. The SMILES string of the molecule is C=C(/C=C\N=C(C)CCC)C(F)(F)F.C=C(C)CC.CC/C=C/C(=C\CC)C(C)c1[nH]c2ccc(Cl)c(F)c2c1CCCC. The number of aryl methyl sites for hydroxylation is 1. The summed E-state index contributed by atoms with van der Waals surface area (Å²) >= 11 is 6.05. The van der Waals surface area contributed by atoms with Crippen molar-refractivity contribution >= 4 is 28.2 Å². The summed E-state index contributed by atoms with van der Waals surface area (Å²) in [4.78, 5) is 7.33. The second-order valence-electron chi connectivity index (χ2n) is 10.8. The van der Waals surface area contributed by atoms with Crippen LogP contribution in [0.3, 0.4) is 0 Å². The van der Waals surface area contributed by atoms with Crippen LogP contribution in [0.15, 0.2) is 77.5 Å². The van der Waals surface area contributed by atoms with E-state index in [0.717, 1.165) is 86.1 Å². The average Bonchev–Trinajstić information content (AvgIpc) is 3.35. The van der Waals surface area contributed by atoms with Gasteiger partial charge in [0.15, 0.2) is 5.82 Å². The molecular weight excluding hydrogens is 584 g/mol. The lowest BCUT2D eigenvalue weighted by Gasteiger charge is -2.15. The van der Waals surface area contributed by atoms with Gasteiger partial charge in [0.2, 0.25) is 0 Å². The molecule has 0 aliphatic heterocycles. The zero-order chi connectivity index (χ0) is 33.9. The molecule has 0 saturated heterocycles. The van der Waals surface area contributed by atoms with Crippen LogP contribution >= 0.6 is 11.6 Å². The van der Waals surface area contributed by atoms with Crippen LogP contribution in [0.4, 0.5) is 17.6 Å². The lowest BCUT2D eigenvalue weighted by atomic mass is 9.91. The topological polar surface area (TPSA) is 28.1 Å². The first kappa shape index (κ1) is 41.1. The van der Waals surface area contributed by atoms with E-state index in [0.29, 0.717) is 5.39 Å². The number of hydrogen-bond donors (Lipinski definition) is 1. The third-order valence-corrected chi connectivity index (χ3v) is 7.13. The first-order valence-electron chi connectivity index (χ1n) is 15.6. The number of aromatic amines is 1. The van der Waals surface area contributed by atoms with Crippen LogP contribution < -0.4 is 0 Å². The van der Waals surface area contributed by atoms with E-state index < -0.39 is 11.7 Å². The largest absolute Gasteiger partial charge is 0.415 e. The normalized spacial score (nSPS) is 13.1. The fourth-order valence-corrected chi connectivity index (χ4v) is 4.27. The van der Waals surface area contributed by atoms with E-state index in [1.54, 1.807) is 13.0 Å². The molecule has 1 unspecified atom stereocenters. The van der Waals surface area contributed by atoms with Gasteiger partial charge >= 0.3 is 6.18 Å². The summed E-state index contributed by atoms with van der Waals surface area (Å²) in [6, 6.07) is 3.52. The van der Waals surface area contributed by atoms with Gasteiger partial charge in [-0.05, 0) is 81.7 Å². The molecule has 1 N–H and O–H groups in total. The van der Waals surface area contributed by atoms with E-state index in [-0.39, 0.29) is 16.8 Å². The maximum atomic E-state index is 14.7. The van der Waals surface area contributed by atoms with Gasteiger partial charge < -0.3 is 4.98 Å². The second kappa shape index (κ2) is 21.8. The van der Waals surface area contributed by atoms with E-state index >= 15 is 0 Å². The minimum absolute atomic E-state index is 0.193. The van der Waals surface area contributed by atoms with Crippen LogP contribution in [-0.2, 0) is 6.42 Å². The van der Waals surface area contributed by atoms with E-state index in [1.165, 1.54) is 11.1 Å². The predicted octanol–water partition coefficient (Wildman–Crippen LogP) is 13.6. The van der Waals surface area contributed by atoms with Gasteiger partial charge in [0.1, 0.15) is 0 Å². The Morgan fingerprint density at radius 3 is 2.16 bits per heavy atom. The molecule has 246 valence electrons. The standard InChI is InChI=1S/C22H29ClFN.C10H14F3N.C5H10/c1-5-8-11-16(10-7-3)15(4)22-17(12-9-6-2)20-19(25-22)14-13-18(23)21(20)24;1-4-5-9(3)14-7-6-8(2)10(11,12)13;1-4-5(2)3/h8,10-11,13-15,25H,5-7,9,12H2,1-4H3;6-7H,2,4-5H2,1,3H3;2,4H2,1,3H3/b11-8+,16-10+;7-6-,14-9?;.